The molecule has 0 amide bonds. The summed E-state index contributed by atoms with van der Waals surface area (Å²) in [5, 5.41) is 4.46. The van der Waals surface area contributed by atoms with Crippen molar-refractivity contribution in [1.82, 2.24) is 9.97 Å². The van der Waals surface area contributed by atoms with Crippen LogP contribution in [-0.4, -0.2) is 9.97 Å². The number of aryl methyl sites for hydroxylation is 2. The third-order valence-electron chi connectivity index (χ3n) is 3.32. The van der Waals surface area contributed by atoms with Crippen molar-refractivity contribution in [3.63, 3.8) is 0 Å². The average Bonchev–Trinajstić information content (AvgIpc) is 2.81. The summed E-state index contributed by atoms with van der Waals surface area (Å²) in [6.45, 7) is 4.25. The van der Waals surface area contributed by atoms with Gasteiger partial charge in [0.25, 0.3) is 0 Å². The van der Waals surface area contributed by atoms with Crippen LogP contribution >= 0.6 is 11.3 Å². The minimum Gasteiger partial charge on any atom is -0.368 e. The van der Waals surface area contributed by atoms with Gasteiger partial charge in [-0.15, -0.1) is 11.3 Å². The van der Waals surface area contributed by atoms with Gasteiger partial charge < -0.3 is 11.1 Å². The van der Waals surface area contributed by atoms with Gasteiger partial charge in [0.15, 0.2) is 0 Å². The summed E-state index contributed by atoms with van der Waals surface area (Å²) < 4.78 is 0. The first-order valence-electron chi connectivity index (χ1n) is 7.06. The van der Waals surface area contributed by atoms with Crippen LogP contribution in [0.25, 0.3) is 10.2 Å². The van der Waals surface area contributed by atoms with E-state index in [1.165, 1.54) is 10.4 Å². The van der Waals surface area contributed by atoms with Crippen LogP contribution in [0.5, 0.6) is 0 Å². The van der Waals surface area contributed by atoms with E-state index in [0.717, 1.165) is 34.6 Å². The third kappa shape index (κ3) is 2.83. The fourth-order valence-corrected chi connectivity index (χ4v) is 3.30. The van der Waals surface area contributed by atoms with E-state index in [1.54, 1.807) is 11.3 Å². The molecule has 0 saturated carbocycles. The Labute approximate surface area is 128 Å². The number of nitrogens with one attached hydrogen (secondary N) is 1. The van der Waals surface area contributed by atoms with Gasteiger partial charge in [-0.05, 0) is 31.0 Å². The maximum absolute atomic E-state index is 5.83. The summed E-state index contributed by atoms with van der Waals surface area (Å²) in [4.78, 5) is 10.8. The molecule has 2 aromatic heterocycles. The lowest BCUT2D eigenvalue weighted by molar-refractivity contribution is 0.923. The van der Waals surface area contributed by atoms with Crippen molar-refractivity contribution in [2.24, 2.45) is 0 Å². The van der Waals surface area contributed by atoms with Gasteiger partial charge in [0, 0.05) is 10.6 Å². The molecule has 0 saturated heterocycles. The van der Waals surface area contributed by atoms with Crippen LogP contribution in [0.2, 0.25) is 0 Å². The molecule has 0 spiro atoms. The predicted molar refractivity (Wildman–Crippen MR) is 90.3 cm³/mol. The molecule has 3 N–H and O–H groups in total. The fraction of sp³-hybridized carbons (Fsp3) is 0.250. The second-order valence-electron chi connectivity index (χ2n) is 5.04. The zero-order valence-electron chi connectivity index (χ0n) is 12.2. The smallest absolute Gasteiger partial charge is 0.223 e. The number of nitrogens with zero attached hydrogens (tertiary/aromatic N) is 2. The Kier molecular flexibility index (Phi) is 3.75. The van der Waals surface area contributed by atoms with E-state index in [0.29, 0.717) is 5.95 Å². The van der Waals surface area contributed by atoms with Gasteiger partial charge in [-0.2, -0.15) is 4.98 Å². The highest BCUT2D eigenvalue weighted by molar-refractivity contribution is 7.18. The number of nitrogens with two attached hydrogens (primary N) is 1. The zero-order chi connectivity index (χ0) is 14.8. The predicted octanol–water partition coefficient (Wildman–Crippen LogP) is 4.28. The Bertz CT molecular complexity index is 779. The summed E-state index contributed by atoms with van der Waals surface area (Å²) in [7, 11) is 0. The number of hydrogen-bond donors (Lipinski definition) is 2. The largest absolute Gasteiger partial charge is 0.368 e. The molecule has 2 heterocycles. The molecular formula is C16H18N4S. The number of thiophene rings is 1. The Balaban J connectivity index is 2.05. The van der Waals surface area contributed by atoms with E-state index in [-0.39, 0.29) is 0 Å². The van der Waals surface area contributed by atoms with Crippen LogP contribution in [0.4, 0.5) is 17.5 Å². The second kappa shape index (κ2) is 5.69. The number of para-hydroxylation sites is 1. The second-order valence-corrected chi connectivity index (χ2v) is 6.27. The first kappa shape index (κ1) is 13.8. The first-order chi connectivity index (χ1) is 10.2. The number of anilines is 3. The molecule has 0 unspecified atom stereocenters. The highest BCUT2D eigenvalue weighted by Crippen LogP contribution is 2.31. The molecule has 0 radical (unpaired) electrons. The van der Waals surface area contributed by atoms with E-state index >= 15 is 0 Å². The number of hydrogen-bond acceptors (Lipinski definition) is 5. The molecule has 0 aliphatic rings. The number of aromatic nitrogens is 2. The standard InChI is InChI=1S/C16H18N4S/c1-3-6-11-7-4-5-8-13(11)18-14-12-9-10(2)21-15(12)20-16(17)19-14/h4-5,7-9H,3,6H2,1-2H3,(H3,17,18,19,20). The monoisotopic (exact) mass is 298 g/mol. The van der Waals surface area contributed by atoms with Crippen LogP contribution < -0.4 is 11.1 Å². The van der Waals surface area contributed by atoms with E-state index < -0.39 is 0 Å². The van der Waals surface area contributed by atoms with E-state index in [9.17, 15) is 0 Å². The Morgan fingerprint density at radius 3 is 2.86 bits per heavy atom. The maximum Gasteiger partial charge on any atom is 0.223 e. The molecule has 5 heteroatoms. The van der Waals surface area contributed by atoms with Crippen molar-refractivity contribution in [3.05, 3.63) is 40.8 Å². The topological polar surface area (TPSA) is 63.8 Å². The van der Waals surface area contributed by atoms with Gasteiger partial charge in [-0.25, -0.2) is 4.98 Å². The third-order valence-corrected chi connectivity index (χ3v) is 4.27. The molecule has 0 bridgehead atoms. The summed E-state index contributed by atoms with van der Waals surface area (Å²) >= 11 is 1.63. The quantitative estimate of drug-likeness (QED) is 0.754. The van der Waals surface area contributed by atoms with Crippen molar-refractivity contribution >= 4 is 39.0 Å². The van der Waals surface area contributed by atoms with Crippen molar-refractivity contribution in [1.29, 1.82) is 0 Å². The SMILES string of the molecule is CCCc1ccccc1Nc1nc(N)nc2sc(C)cc12. The van der Waals surface area contributed by atoms with Crippen molar-refractivity contribution in [3.8, 4) is 0 Å². The van der Waals surface area contributed by atoms with Crippen LogP contribution in [0.1, 0.15) is 23.8 Å². The Morgan fingerprint density at radius 1 is 1.24 bits per heavy atom. The van der Waals surface area contributed by atoms with Crippen LogP contribution in [-0.2, 0) is 6.42 Å². The molecule has 0 aliphatic heterocycles. The average molecular weight is 298 g/mol. The molecule has 1 aromatic carbocycles. The Hall–Kier alpha value is -2.14. The lowest BCUT2D eigenvalue weighted by Crippen LogP contribution is -2.02. The van der Waals surface area contributed by atoms with Crippen LogP contribution in [0, 0.1) is 6.92 Å². The van der Waals surface area contributed by atoms with Gasteiger partial charge >= 0.3 is 0 Å². The zero-order valence-corrected chi connectivity index (χ0v) is 13.0. The van der Waals surface area contributed by atoms with E-state index in [4.69, 9.17) is 5.73 Å². The molecule has 3 rings (SSSR count). The van der Waals surface area contributed by atoms with Crippen LogP contribution in [0.3, 0.4) is 0 Å². The normalized spacial score (nSPS) is 11.0. The van der Waals surface area contributed by atoms with Gasteiger partial charge in [0.05, 0.1) is 5.39 Å². The molecular weight excluding hydrogens is 280 g/mol. The molecule has 21 heavy (non-hydrogen) atoms. The molecule has 0 aliphatic carbocycles. The van der Waals surface area contributed by atoms with Gasteiger partial charge in [-0.3, -0.25) is 0 Å². The molecule has 4 nitrogen and oxygen atoms in total. The highest BCUT2D eigenvalue weighted by atomic mass is 32.1. The van der Waals surface area contributed by atoms with Gasteiger partial charge in [0.2, 0.25) is 5.95 Å². The summed E-state index contributed by atoms with van der Waals surface area (Å²) in [5.74, 6) is 1.09. The maximum atomic E-state index is 5.83. The molecule has 108 valence electrons. The highest BCUT2D eigenvalue weighted by Gasteiger charge is 2.11. The number of nitrogen functional groups attached to an aromatic ring is 1. The Morgan fingerprint density at radius 2 is 2.05 bits per heavy atom. The van der Waals surface area contributed by atoms with Gasteiger partial charge in [-0.1, -0.05) is 31.5 Å². The van der Waals surface area contributed by atoms with Crippen molar-refractivity contribution in [2.45, 2.75) is 26.7 Å². The number of fused-ring (bicyclic) bond motifs is 1. The summed E-state index contributed by atoms with van der Waals surface area (Å²) in [5.41, 5.74) is 8.20. The summed E-state index contributed by atoms with van der Waals surface area (Å²) in [6, 6.07) is 10.4. The van der Waals surface area contributed by atoms with Crippen molar-refractivity contribution < 1.29 is 0 Å². The first-order valence-corrected chi connectivity index (χ1v) is 7.87. The minimum atomic E-state index is 0.305. The van der Waals surface area contributed by atoms with Crippen LogP contribution in [0.15, 0.2) is 30.3 Å². The lowest BCUT2D eigenvalue weighted by atomic mass is 10.1. The fourth-order valence-electron chi connectivity index (χ4n) is 2.41. The lowest BCUT2D eigenvalue weighted by Gasteiger charge is -2.11. The van der Waals surface area contributed by atoms with Crippen molar-refractivity contribution in [2.75, 3.05) is 11.1 Å². The number of benzene rings is 1. The molecule has 3 aromatic rings. The van der Waals surface area contributed by atoms with Gasteiger partial charge in [0.1, 0.15) is 10.6 Å². The molecule has 0 fully saturated rings. The van der Waals surface area contributed by atoms with E-state index in [2.05, 4.69) is 53.4 Å². The summed E-state index contributed by atoms with van der Waals surface area (Å²) in [6.07, 6.45) is 2.15. The minimum absolute atomic E-state index is 0.305. The number of rotatable bonds is 4. The molecule has 0 atom stereocenters. The van der Waals surface area contributed by atoms with E-state index in [1.807, 2.05) is 6.07 Å².